The quantitative estimate of drug-likeness (QED) is 0.850. The Morgan fingerprint density at radius 3 is 2.54 bits per heavy atom. The number of amides is 1. The molecule has 2 atom stereocenters. The maximum Gasteiger partial charge on any atom is 0.232 e. The van der Waals surface area contributed by atoms with Crippen molar-refractivity contribution in [3.63, 3.8) is 0 Å². The Hall–Kier alpha value is -1.46. The third-order valence-electron chi connectivity index (χ3n) is 5.46. The molecule has 2 aliphatic rings. The first-order valence-corrected chi connectivity index (χ1v) is 8.77. The molecule has 1 amide bonds. The van der Waals surface area contributed by atoms with Crippen LogP contribution in [-0.2, 0) is 14.9 Å². The van der Waals surface area contributed by atoms with Crippen LogP contribution in [0.1, 0.15) is 26.3 Å². The Labute approximate surface area is 143 Å². The van der Waals surface area contributed by atoms with Crippen molar-refractivity contribution in [3.05, 3.63) is 35.6 Å². The molecule has 0 aliphatic carbocycles. The Morgan fingerprint density at radius 1 is 1.21 bits per heavy atom. The zero-order chi connectivity index (χ0) is 17.3. The molecule has 0 radical (unpaired) electrons. The lowest BCUT2D eigenvalue weighted by molar-refractivity contribution is -0.135. The predicted molar refractivity (Wildman–Crippen MR) is 91.4 cm³/mol. The summed E-state index contributed by atoms with van der Waals surface area (Å²) in [6.07, 6.45) is 0. The monoisotopic (exact) mass is 334 g/mol. The van der Waals surface area contributed by atoms with Gasteiger partial charge in [0.2, 0.25) is 5.91 Å². The van der Waals surface area contributed by atoms with E-state index in [2.05, 4.69) is 11.8 Å². The van der Waals surface area contributed by atoms with Crippen LogP contribution in [0.25, 0.3) is 0 Å². The summed E-state index contributed by atoms with van der Waals surface area (Å²) >= 11 is 0. The molecule has 0 unspecified atom stereocenters. The summed E-state index contributed by atoms with van der Waals surface area (Å²) in [6.45, 7) is 10.7. The standard InChI is InChI=1S/C19H27FN2O2/c1-14-12-22(13-17(14)21-8-10-24-11-9-21)18(23)19(2,3)15-6-4-5-7-16(15)20/h4-7,14,17H,8-13H2,1-3H3/t14-,17+/m1/s1. The van der Waals surface area contributed by atoms with Gasteiger partial charge in [0.1, 0.15) is 5.82 Å². The largest absolute Gasteiger partial charge is 0.379 e. The van der Waals surface area contributed by atoms with E-state index in [1.807, 2.05) is 18.7 Å². The van der Waals surface area contributed by atoms with Crippen LogP contribution < -0.4 is 0 Å². The molecule has 1 aromatic carbocycles. The zero-order valence-electron chi connectivity index (χ0n) is 14.8. The van der Waals surface area contributed by atoms with Gasteiger partial charge >= 0.3 is 0 Å². The molecule has 0 spiro atoms. The van der Waals surface area contributed by atoms with E-state index < -0.39 is 5.41 Å². The van der Waals surface area contributed by atoms with Gasteiger partial charge in [-0.2, -0.15) is 0 Å². The summed E-state index contributed by atoms with van der Waals surface area (Å²) in [5, 5.41) is 0. The van der Waals surface area contributed by atoms with Crippen LogP contribution in [0.5, 0.6) is 0 Å². The van der Waals surface area contributed by atoms with Gasteiger partial charge in [0.05, 0.1) is 18.6 Å². The van der Waals surface area contributed by atoms with Gasteiger partial charge in [-0.15, -0.1) is 0 Å². The average Bonchev–Trinajstić information content (AvgIpc) is 2.97. The van der Waals surface area contributed by atoms with Crippen molar-refractivity contribution < 1.29 is 13.9 Å². The molecule has 2 saturated heterocycles. The van der Waals surface area contributed by atoms with Gasteiger partial charge in [-0.25, -0.2) is 4.39 Å². The average molecular weight is 334 g/mol. The number of carbonyl (C=O) groups excluding carboxylic acids is 1. The summed E-state index contributed by atoms with van der Waals surface area (Å²) in [4.78, 5) is 17.5. The molecular weight excluding hydrogens is 307 g/mol. The first kappa shape index (κ1) is 17.4. The third-order valence-corrected chi connectivity index (χ3v) is 5.46. The van der Waals surface area contributed by atoms with Gasteiger partial charge in [-0.3, -0.25) is 9.69 Å². The number of hydrogen-bond donors (Lipinski definition) is 0. The summed E-state index contributed by atoms with van der Waals surface area (Å²) in [5.41, 5.74) is -0.386. The van der Waals surface area contributed by atoms with Gasteiger partial charge < -0.3 is 9.64 Å². The molecule has 132 valence electrons. The fraction of sp³-hybridized carbons (Fsp3) is 0.632. The molecule has 2 heterocycles. The van der Waals surface area contributed by atoms with Crippen LogP contribution >= 0.6 is 0 Å². The molecule has 0 N–H and O–H groups in total. The highest BCUT2D eigenvalue weighted by Gasteiger charge is 2.42. The minimum atomic E-state index is -0.856. The number of hydrogen-bond acceptors (Lipinski definition) is 3. The Bertz CT molecular complexity index is 599. The van der Waals surface area contributed by atoms with Crippen LogP contribution in [-0.4, -0.2) is 61.1 Å². The van der Waals surface area contributed by atoms with Crippen molar-refractivity contribution in [1.82, 2.24) is 9.80 Å². The van der Waals surface area contributed by atoms with Gasteiger partial charge in [-0.05, 0) is 25.8 Å². The molecule has 5 heteroatoms. The number of benzene rings is 1. The Kier molecular flexibility index (Phi) is 4.92. The molecule has 3 rings (SSSR count). The lowest BCUT2D eigenvalue weighted by Crippen LogP contribution is -2.48. The van der Waals surface area contributed by atoms with E-state index in [-0.39, 0.29) is 11.7 Å². The van der Waals surface area contributed by atoms with Gasteiger partial charge in [-0.1, -0.05) is 25.1 Å². The normalized spacial score (nSPS) is 25.9. The van der Waals surface area contributed by atoms with E-state index in [1.165, 1.54) is 6.07 Å². The zero-order valence-corrected chi connectivity index (χ0v) is 14.8. The number of likely N-dealkylation sites (tertiary alicyclic amines) is 1. The van der Waals surface area contributed by atoms with Crippen LogP contribution in [0, 0.1) is 11.7 Å². The second-order valence-corrected chi connectivity index (χ2v) is 7.51. The van der Waals surface area contributed by atoms with E-state index >= 15 is 0 Å². The SMILES string of the molecule is C[C@@H]1CN(C(=O)C(C)(C)c2ccccc2F)C[C@@H]1N1CCOCC1. The van der Waals surface area contributed by atoms with Crippen molar-refractivity contribution in [2.24, 2.45) is 5.92 Å². The summed E-state index contributed by atoms with van der Waals surface area (Å²) in [5.74, 6) is 0.117. The smallest absolute Gasteiger partial charge is 0.232 e. The highest BCUT2D eigenvalue weighted by Crippen LogP contribution is 2.31. The predicted octanol–water partition coefficient (Wildman–Crippen LogP) is 2.28. The van der Waals surface area contributed by atoms with E-state index in [1.54, 1.807) is 18.2 Å². The van der Waals surface area contributed by atoms with Crippen molar-refractivity contribution in [2.75, 3.05) is 39.4 Å². The minimum Gasteiger partial charge on any atom is -0.379 e. The number of nitrogens with zero attached hydrogens (tertiary/aromatic N) is 2. The molecule has 0 bridgehead atoms. The van der Waals surface area contributed by atoms with Crippen LogP contribution in [0.3, 0.4) is 0 Å². The molecular formula is C19H27FN2O2. The molecule has 1 aromatic rings. The molecule has 4 nitrogen and oxygen atoms in total. The van der Waals surface area contributed by atoms with Crippen molar-refractivity contribution in [1.29, 1.82) is 0 Å². The second-order valence-electron chi connectivity index (χ2n) is 7.51. The molecule has 0 aromatic heterocycles. The number of ether oxygens (including phenoxy) is 1. The number of halogens is 1. The highest BCUT2D eigenvalue weighted by atomic mass is 19.1. The van der Waals surface area contributed by atoms with E-state index in [0.29, 0.717) is 17.5 Å². The summed E-state index contributed by atoms with van der Waals surface area (Å²) in [6, 6.07) is 6.96. The van der Waals surface area contributed by atoms with E-state index in [0.717, 1.165) is 39.4 Å². The van der Waals surface area contributed by atoms with Gasteiger partial charge in [0, 0.05) is 37.8 Å². The topological polar surface area (TPSA) is 32.8 Å². The first-order chi connectivity index (χ1) is 11.4. The Balaban J connectivity index is 1.74. The fourth-order valence-electron chi connectivity index (χ4n) is 3.98. The molecule has 2 aliphatic heterocycles. The van der Waals surface area contributed by atoms with Crippen molar-refractivity contribution in [3.8, 4) is 0 Å². The number of carbonyl (C=O) groups is 1. The van der Waals surface area contributed by atoms with Crippen LogP contribution in [0.4, 0.5) is 4.39 Å². The maximum absolute atomic E-state index is 14.2. The molecule has 24 heavy (non-hydrogen) atoms. The van der Waals surface area contributed by atoms with Crippen molar-refractivity contribution >= 4 is 5.91 Å². The summed E-state index contributed by atoms with van der Waals surface area (Å²) < 4.78 is 19.6. The number of morpholine rings is 1. The van der Waals surface area contributed by atoms with E-state index in [4.69, 9.17) is 4.74 Å². The van der Waals surface area contributed by atoms with Crippen LogP contribution in [0.2, 0.25) is 0 Å². The second kappa shape index (κ2) is 6.81. The fourth-order valence-corrected chi connectivity index (χ4v) is 3.98. The molecule has 2 fully saturated rings. The van der Waals surface area contributed by atoms with Gasteiger partial charge in [0.15, 0.2) is 0 Å². The van der Waals surface area contributed by atoms with Crippen LogP contribution in [0.15, 0.2) is 24.3 Å². The lowest BCUT2D eigenvalue weighted by atomic mass is 9.83. The molecule has 0 saturated carbocycles. The summed E-state index contributed by atoms with van der Waals surface area (Å²) in [7, 11) is 0. The lowest BCUT2D eigenvalue weighted by Gasteiger charge is -2.34. The van der Waals surface area contributed by atoms with Gasteiger partial charge in [0.25, 0.3) is 0 Å². The number of rotatable bonds is 3. The first-order valence-electron chi connectivity index (χ1n) is 8.77. The van der Waals surface area contributed by atoms with Crippen molar-refractivity contribution in [2.45, 2.75) is 32.2 Å². The highest BCUT2D eigenvalue weighted by molar-refractivity contribution is 5.87. The Morgan fingerprint density at radius 2 is 1.88 bits per heavy atom. The minimum absolute atomic E-state index is 0.00945. The third kappa shape index (κ3) is 3.20. The van der Waals surface area contributed by atoms with E-state index in [9.17, 15) is 9.18 Å². The maximum atomic E-state index is 14.2.